The van der Waals surface area contributed by atoms with Crippen molar-refractivity contribution >= 4 is 31.9 Å². The lowest BCUT2D eigenvalue weighted by molar-refractivity contribution is 0.175. The van der Waals surface area contributed by atoms with Gasteiger partial charge in [0.1, 0.15) is 5.75 Å². The summed E-state index contributed by atoms with van der Waals surface area (Å²) in [5, 5.41) is 3.51. The molecule has 0 amide bonds. The van der Waals surface area contributed by atoms with Crippen LogP contribution in [0.25, 0.3) is 0 Å². The van der Waals surface area contributed by atoms with Gasteiger partial charge >= 0.3 is 0 Å². The van der Waals surface area contributed by atoms with Gasteiger partial charge in [0, 0.05) is 41.8 Å². The van der Waals surface area contributed by atoms with Crippen molar-refractivity contribution in [1.82, 2.24) is 10.2 Å². The molecule has 0 saturated heterocycles. The third kappa shape index (κ3) is 5.89. The van der Waals surface area contributed by atoms with Crippen molar-refractivity contribution in [3.63, 3.8) is 0 Å². The molecule has 0 atom stereocenters. The molecular formula is C16H26Br2N2O. The number of benzene rings is 1. The van der Waals surface area contributed by atoms with E-state index >= 15 is 0 Å². The van der Waals surface area contributed by atoms with Crippen molar-refractivity contribution in [2.45, 2.75) is 46.3 Å². The van der Waals surface area contributed by atoms with Crippen molar-refractivity contribution in [2.75, 3.05) is 20.2 Å². The van der Waals surface area contributed by atoms with Gasteiger partial charge in [0.25, 0.3) is 0 Å². The van der Waals surface area contributed by atoms with Gasteiger partial charge in [-0.15, -0.1) is 0 Å². The molecule has 0 aliphatic heterocycles. The first kappa shape index (κ1) is 18.9. The zero-order chi connectivity index (χ0) is 16.0. The molecule has 21 heavy (non-hydrogen) atoms. The number of nitrogens with zero attached hydrogens (tertiary/aromatic N) is 1. The second kappa shape index (κ2) is 9.13. The predicted octanol–water partition coefficient (Wildman–Crippen LogP) is 4.43. The van der Waals surface area contributed by atoms with Crippen LogP contribution >= 0.6 is 31.9 Å². The van der Waals surface area contributed by atoms with Crippen LogP contribution < -0.4 is 10.1 Å². The van der Waals surface area contributed by atoms with Gasteiger partial charge in [-0.05, 0) is 55.8 Å². The number of hydrogen-bond donors (Lipinski definition) is 1. The van der Waals surface area contributed by atoms with Gasteiger partial charge in [0.15, 0.2) is 0 Å². The summed E-state index contributed by atoms with van der Waals surface area (Å²) in [4.78, 5) is 2.49. The van der Waals surface area contributed by atoms with Gasteiger partial charge in [-0.25, -0.2) is 0 Å². The summed E-state index contributed by atoms with van der Waals surface area (Å²) < 4.78 is 7.50. The summed E-state index contributed by atoms with van der Waals surface area (Å²) >= 11 is 7.06. The number of rotatable bonds is 8. The van der Waals surface area contributed by atoms with Gasteiger partial charge in [-0.2, -0.15) is 0 Å². The first-order valence-electron chi connectivity index (χ1n) is 7.35. The minimum atomic E-state index is 0.571. The molecule has 120 valence electrons. The van der Waals surface area contributed by atoms with Gasteiger partial charge in [0.05, 0.1) is 11.6 Å². The standard InChI is InChI=1S/C16H26Br2N2O/c1-11(2)20(12(3)4)7-6-19-10-13-8-14(17)9-15(18)16(13)21-5/h8-9,11-12,19H,6-7,10H2,1-5H3. The zero-order valence-corrected chi connectivity index (χ0v) is 16.7. The first-order chi connectivity index (χ1) is 9.86. The molecule has 0 aliphatic carbocycles. The third-order valence-corrected chi connectivity index (χ3v) is 4.53. The summed E-state index contributed by atoms with van der Waals surface area (Å²) in [5.74, 6) is 0.898. The van der Waals surface area contributed by atoms with Crippen LogP contribution in [0, 0.1) is 0 Å². The Labute approximate surface area is 145 Å². The van der Waals surface area contributed by atoms with E-state index in [-0.39, 0.29) is 0 Å². The Kier molecular flexibility index (Phi) is 8.24. The summed E-state index contributed by atoms with van der Waals surface area (Å²) in [7, 11) is 1.71. The molecule has 0 radical (unpaired) electrons. The van der Waals surface area contributed by atoms with Gasteiger partial charge < -0.3 is 10.1 Å². The Morgan fingerprint density at radius 1 is 1.14 bits per heavy atom. The normalized spacial score (nSPS) is 11.7. The lowest BCUT2D eigenvalue weighted by atomic mass is 10.2. The van der Waals surface area contributed by atoms with Crippen LogP contribution in [0.4, 0.5) is 0 Å². The summed E-state index contributed by atoms with van der Waals surface area (Å²) in [6.07, 6.45) is 0. The fourth-order valence-electron chi connectivity index (χ4n) is 2.52. The van der Waals surface area contributed by atoms with Crippen LogP contribution in [0.1, 0.15) is 33.3 Å². The molecule has 0 unspecified atom stereocenters. The second-order valence-corrected chi connectivity index (χ2v) is 7.45. The molecule has 0 bridgehead atoms. The predicted molar refractivity (Wildman–Crippen MR) is 97.1 cm³/mol. The molecule has 0 heterocycles. The monoisotopic (exact) mass is 420 g/mol. The van der Waals surface area contributed by atoms with Crippen molar-refractivity contribution in [3.05, 3.63) is 26.6 Å². The van der Waals surface area contributed by atoms with E-state index in [1.54, 1.807) is 7.11 Å². The van der Waals surface area contributed by atoms with Crippen LogP contribution in [0.15, 0.2) is 21.1 Å². The summed E-state index contributed by atoms with van der Waals surface area (Å²) in [5.41, 5.74) is 1.15. The highest BCUT2D eigenvalue weighted by atomic mass is 79.9. The van der Waals surface area contributed by atoms with Crippen LogP contribution in [0.2, 0.25) is 0 Å². The third-order valence-electron chi connectivity index (χ3n) is 3.48. The van der Waals surface area contributed by atoms with Crippen molar-refractivity contribution in [1.29, 1.82) is 0 Å². The Bertz CT molecular complexity index is 442. The number of halogens is 2. The maximum absolute atomic E-state index is 5.47. The van der Waals surface area contributed by atoms with Crippen molar-refractivity contribution in [2.24, 2.45) is 0 Å². The van der Waals surface area contributed by atoms with Gasteiger partial charge in [-0.3, -0.25) is 4.90 Å². The molecule has 0 aliphatic rings. The largest absolute Gasteiger partial charge is 0.495 e. The number of ether oxygens (including phenoxy) is 1. The second-order valence-electron chi connectivity index (χ2n) is 5.68. The highest BCUT2D eigenvalue weighted by Crippen LogP contribution is 2.32. The van der Waals surface area contributed by atoms with E-state index in [1.165, 1.54) is 0 Å². The van der Waals surface area contributed by atoms with Crippen LogP contribution in [-0.2, 0) is 6.54 Å². The lowest BCUT2D eigenvalue weighted by Gasteiger charge is -2.30. The van der Waals surface area contributed by atoms with Crippen LogP contribution in [-0.4, -0.2) is 37.2 Å². The first-order valence-corrected chi connectivity index (χ1v) is 8.93. The molecule has 1 aromatic rings. The Hall–Kier alpha value is -0.100. The Morgan fingerprint density at radius 2 is 1.76 bits per heavy atom. The van der Waals surface area contributed by atoms with Crippen molar-refractivity contribution < 1.29 is 4.74 Å². The average Bonchev–Trinajstić information content (AvgIpc) is 2.36. The SMILES string of the molecule is COc1c(Br)cc(Br)cc1CNCCN(C(C)C)C(C)C. The molecular weight excluding hydrogens is 396 g/mol. The Morgan fingerprint density at radius 3 is 2.29 bits per heavy atom. The number of methoxy groups -OCH3 is 1. The minimum absolute atomic E-state index is 0.571. The lowest BCUT2D eigenvalue weighted by Crippen LogP contribution is -2.41. The highest BCUT2D eigenvalue weighted by Gasteiger charge is 2.13. The number of nitrogens with one attached hydrogen (secondary N) is 1. The quantitative estimate of drug-likeness (QED) is 0.628. The van der Waals surface area contributed by atoms with E-state index in [2.05, 4.69) is 75.8 Å². The van der Waals surface area contributed by atoms with Crippen LogP contribution in [0.5, 0.6) is 5.75 Å². The molecule has 3 nitrogen and oxygen atoms in total. The molecule has 0 saturated carbocycles. The molecule has 5 heteroatoms. The Balaban J connectivity index is 2.56. The molecule has 1 aromatic carbocycles. The highest BCUT2D eigenvalue weighted by molar-refractivity contribution is 9.11. The van der Waals surface area contributed by atoms with E-state index in [9.17, 15) is 0 Å². The van der Waals surface area contributed by atoms with Crippen molar-refractivity contribution in [3.8, 4) is 5.75 Å². The van der Waals surface area contributed by atoms with E-state index in [0.717, 1.165) is 39.9 Å². The van der Waals surface area contributed by atoms with E-state index in [1.807, 2.05) is 6.07 Å². The molecule has 1 rings (SSSR count). The average molecular weight is 422 g/mol. The van der Waals surface area contributed by atoms with Gasteiger partial charge in [-0.1, -0.05) is 15.9 Å². The van der Waals surface area contributed by atoms with E-state index in [4.69, 9.17) is 4.74 Å². The zero-order valence-electron chi connectivity index (χ0n) is 13.5. The molecule has 0 spiro atoms. The van der Waals surface area contributed by atoms with Crippen LogP contribution in [0.3, 0.4) is 0 Å². The number of hydrogen-bond acceptors (Lipinski definition) is 3. The molecule has 1 N–H and O–H groups in total. The fourth-order valence-corrected chi connectivity index (χ4v) is 3.99. The van der Waals surface area contributed by atoms with E-state index in [0.29, 0.717) is 12.1 Å². The fraction of sp³-hybridized carbons (Fsp3) is 0.625. The smallest absolute Gasteiger partial charge is 0.137 e. The van der Waals surface area contributed by atoms with E-state index < -0.39 is 0 Å². The summed E-state index contributed by atoms with van der Waals surface area (Å²) in [6, 6.07) is 5.24. The van der Waals surface area contributed by atoms with Gasteiger partial charge in [0.2, 0.25) is 0 Å². The summed E-state index contributed by atoms with van der Waals surface area (Å²) in [6.45, 7) is 11.8. The maximum Gasteiger partial charge on any atom is 0.137 e. The maximum atomic E-state index is 5.47. The molecule has 0 fully saturated rings. The minimum Gasteiger partial charge on any atom is -0.495 e. The molecule has 0 aromatic heterocycles. The topological polar surface area (TPSA) is 24.5 Å².